The number of allylic oxidation sites excluding steroid dienone is 1. The molecule has 3 aromatic rings. The van der Waals surface area contributed by atoms with Crippen LogP contribution in [0.4, 0.5) is 5.00 Å². The van der Waals surface area contributed by atoms with Gasteiger partial charge in [-0.15, -0.1) is 22.7 Å². The van der Waals surface area contributed by atoms with Gasteiger partial charge in [-0.25, -0.2) is 9.78 Å². The van der Waals surface area contributed by atoms with Crippen LogP contribution in [0.1, 0.15) is 52.5 Å². The summed E-state index contributed by atoms with van der Waals surface area (Å²) in [7, 11) is 0. The Kier molecular flexibility index (Phi) is 7.43. The Morgan fingerprint density at radius 1 is 1.21 bits per heavy atom. The van der Waals surface area contributed by atoms with Gasteiger partial charge in [-0.2, -0.15) is 5.26 Å². The summed E-state index contributed by atoms with van der Waals surface area (Å²) in [6.07, 6.45) is 5.69. The molecule has 33 heavy (non-hydrogen) atoms. The summed E-state index contributed by atoms with van der Waals surface area (Å²) in [5.74, 6) is 0.507. The number of hydrogen-bond donors (Lipinski definition) is 1. The highest BCUT2D eigenvalue weighted by atomic mass is 32.1. The molecular formula is C25H25N3O3S2. The smallest absolute Gasteiger partial charge is 0.341 e. The summed E-state index contributed by atoms with van der Waals surface area (Å²) in [5.41, 5.74) is 3.88. The molecule has 170 valence electrons. The minimum Gasteiger partial charge on any atom is -0.494 e. The highest BCUT2D eigenvalue weighted by molar-refractivity contribution is 7.16. The zero-order chi connectivity index (χ0) is 23.2. The second-order valence-electron chi connectivity index (χ2n) is 7.44. The van der Waals surface area contributed by atoms with Crippen LogP contribution < -0.4 is 10.1 Å². The fraction of sp³-hybridized carbons (Fsp3) is 0.320. The van der Waals surface area contributed by atoms with Gasteiger partial charge >= 0.3 is 5.97 Å². The van der Waals surface area contributed by atoms with E-state index in [4.69, 9.17) is 9.47 Å². The first-order chi connectivity index (χ1) is 16.1. The molecule has 8 heteroatoms. The molecule has 6 nitrogen and oxygen atoms in total. The minimum atomic E-state index is -0.307. The van der Waals surface area contributed by atoms with Crippen LogP contribution in [0.2, 0.25) is 0 Å². The normalized spacial score (nSPS) is 13.2. The number of anilines is 1. The number of rotatable bonds is 8. The molecule has 0 spiro atoms. The van der Waals surface area contributed by atoms with Crippen LogP contribution in [0.15, 0.2) is 35.8 Å². The van der Waals surface area contributed by atoms with Crippen molar-refractivity contribution in [3.05, 3.63) is 56.9 Å². The third-order valence-electron chi connectivity index (χ3n) is 5.31. The third kappa shape index (κ3) is 5.10. The number of esters is 1. The number of carbonyl (C=O) groups is 1. The molecule has 4 rings (SSSR count). The zero-order valence-corrected chi connectivity index (χ0v) is 20.3. The van der Waals surface area contributed by atoms with Crippen molar-refractivity contribution in [1.82, 2.24) is 4.98 Å². The molecule has 0 atom stereocenters. The van der Waals surface area contributed by atoms with E-state index in [1.54, 1.807) is 17.5 Å². The van der Waals surface area contributed by atoms with E-state index < -0.39 is 0 Å². The first-order valence-electron chi connectivity index (χ1n) is 11.0. The first-order valence-corrected chi connectivity index (χ1v) is 12.7. The molecule has 1 aliphatic carbocycles. The number of nitriles is 1. The number of nitrogens with one attached hydrogen (secondary N) is 1. The average molecular weight is 480 g/mol. The van der Waals surface area contributed by atoms with E-state index in [9.17, 15) is 10.1 Å². The predicted molar refractivity (Wildman–Crippen MR) is 133 cm³/mol. The molecule has 0 unspecified atom stereocenters. The predicted octanol–water partition coefficient (Wildman–Crippen LogP) is 6.30. The fourth-order valence-corrected chi connectivity index (χ4v) is 5.83. The van der Waals surface area contributed by atoms with Crippen molar-refractivity contribution in [3.8, 4) is 23.1 Å². The Balaban J connectivity index is 1.58. The number of aromatic nitrogens is 1. The molecule has 1 N–H and O–H groups in total. The molecule has 0 saturated heterocycles. The van der Waals surface area contributed by atoms with E-state index in [1.165, 1.54) is 16.2 Å². The number of thiazole rings is 1. The summed E-state index contributed by atoms with van der Waals surface area (Å²) in [6.45, 7) is 4.71. The van der Waals surface area contributed by atoms with Crippen LogP contribution in [0.25, 0.3) is 16.8 Å². The van der Waals surface area contributed by atoms with Gasteiger partial charge in [-0.1, -0.05) is 0 Å². The number of aryl methyl sites for hydroxylation is 1. The van der Waals surface area contributed by atoms with Gasteiger partial charge in [0.05, 0.1) is 24.5 Å². The molecule has 2 aromatic heterocycles. The van der Waals surface area contributed by atoms with Gasteiger partial charge in [-0.05, 0) is 69.4 Å². The van der Waals surface area contributed by atoms with E-state index in [-0.39, 0.29) is 5.97 Å². The Morgan fingerprint density at radius 2 is 2.00 bits per heavy atom. The monoisotopic (exact) mass is 479 g/mol. The summed E-state index contributed by atoms with van der Waals surface area (Å²) < 4.78 is 10.8. The molecule has 0 amide bonds. The van der Waals surface area contributed by atoms with Gasteiger partial charge in [-0.3, -0.25) is 0 Å². The van der Waals surface area contributed by atoms with Crippen molar-refractivity contribution in [2.24, 2.45) is 0 Å². The van der Waals surface area contributed by atoms with Gasteiger partial charge in [0, 0.05) is 22.0 Å². The number of thiophene rings is 1. The molecule has 2 heterocycles. The molecule has 0 aliphatic heterocycles. The van der Waals surface area contributed by atoms with Crippen LogP contribution in [-0.2, 0) is 17.6 Å². The van der Waals surface area contributed by atoms with Crippen LogP contribution in [0, 0.1) is 11.3 Å². The lowest BCUT2D eigenvalue weighted by molar-refractivity contribution is 0.0526. The van der Waals surface area contributed by atoms with E-state index in [1.807, 2.05) is 43.5 Å². The lowest BCUT2D eigenvalue weighted by Crippen LogP contribution is -2.10. The van der Waals surface area contributed by atoms with Crippen molar-refractivity contribution in [2.45, 2.75) is 39.5 Å². The minimum absolute atomic E-state index is 0.307. The lowest BCUT2D eigenvalue weighted by Gasteiger charge is -2.12. The van der Waals surface area contributed by atoms with Crippen LogP contribution in [-0.4, -0.2) is 24.2 Å². The van der Waals surface area contributed by atoms with Gasteiger partial charge in [0.15, 0.2) is 0 Å². The van der Waals surface area contributed by atoms with Crippen molar-refractivity contribution in [2.75, 3.05) is 18.5 Å². The summed E-state index contributed by atoms with van der Waals surface area (Å²) in [5, 5.41) is 16.3. The summed E-state index contributed by atoms with van der Waals surface area (Å²) in [4.78, 5) is 18.5. The van der Waals surface area contributed by atoms with Gasteiger partial charge in [0.1, 0.15) is 27.4 Å². The largest absolute Gasteiger partial charge is 0.494 e. The SMILES string of the molecule is CCOC(=O)c1c(N/C=C(/C#N)c2nc(-c3ccc(OCC)cc3)cs2)sc2c1CCCC2. The average Bonchev–Trinajstić information content (AvgIpc) is 3.45. The maximum atomic E-state index is 12.6. The van der Waals surface area contributed by atoms with Crippen molar-refractivity contribution >= 4 is 39.2 Å². The number of nitrogens with zero attached hydrogens (tertiary/aromatic N) is 2. The molecule has 1 aliphatic rings. The Hall–Kier alpha value is -3.15. The second-order valence-corrected chi connectivity index (χ2v) is 9.41. The highest BCUT2D eigenvalue weighted by Gasteiger charge is 2.26. The van der Waals surface area contributed by atoms with E-state index >= 15 is 0 Å². The topological polar surface area (TPSA) is 84.2 Å². The molecular weight excluding hydrogens is 454 g/mol. The zero-order valence-electron chi connectivity index (χ0n) is 18.6. The van der Waals surface area contributed by atoms with Crippen LogP contribution >= 0.6 is 22.7 Å². The lowest BCUT2D eigenvalue weighted by atomic mass is 9.95. The molecule has 0 fully saturated rings. The van der Waals surface area contributed by atoms with Crippen LogP contribution in [0.5, 0.6) is 5.75 Å². The number of hydrogen-bond acceptors (Lipinski definition) is 8. The Bertz CT molecular complexity index is 1200. The fourth-order valence-electron chi connectivity index (χ4n) is 3.78. The number of ether oxygens (including phenoxy) is 2. The van der Waals surface area contributed by atoms with Crippen molar-refractivity contribution in [1.29, 1.82) is 5.26 Å². The Morgan fingerprint density at radius 3 is 2.73 bits per heavy atom. The quantitative estimate of drug-likeness (QED) is 0.301. The highest BCUT2D eigenvalue weighted by Crippen LogP contribution is 2.39. The summed E-state index contributed by atoms with van der Waals surface area (Å²) >= 11 is 2.99. The standard InChI is InChI=1S/C25H25N3O3S2/c1-3-30-18-11-9-16(10-12-18)20-15-32-23(28-20)17(13-26)14-27-24-22(25(29)31-4-2)19-7-5-6-8-21(19)33-24/h9-12,14-15,27H,3-8H2,1-2H3/b17-14-. The maximum absolute atomic E-state index is 12.6. The van der Waals surface area contributed by atoms with Gasteiger partial charge < -0.3 is 14.8 Å². The number of fused-ring (bicyclic) bond motifs is 1. The van der Waals surface area contributed by atoms with E-state index in [0.717, 1.165) is 53.3 Å². The van der Waals surface area contributed by atoms with Crippen LogP contribution in [0.3, 0.4) is 0 Å². The number of carbonyl (C=O) groups excluding carboxylic acids is 1. The summed E-state index contributed by atoms with van der Waals surface area (Å²) in [6, 6.07) is 9.97. The molecule has 0 bridgehead atoms. The van der Waals surface area contributed by atoms with Gasteiger partial charge in [0.2, 0.25) is 0 Å². The van der Waals surface area contributed by atoms with Crippen molar-refractivity contribution in [3.63, 3.8) is 0 Å². The van der Waals surface area contributed by atoms with E-state index in [2.05, 4.69) is 16.4 Å². The molecule has 1 aromatic carbocycles. The Labute approximate surface area is 201 Å². The number of benzene rings is 1. The molecule has 0 radical (unpaired) electrons. The van der Waals surface area contributed by atoms with Gasteiger partial charge in [0.25, 0.3) is 0 Å². The maximum Gasteiger partial charge on any atom is 0.341 e. The molecule has 0 saturated carbocycles. The first kappa shape index (κ1) is 23.0. The third-order valence-corrected chi connectivity index (χ3v) is 7.41. The van der Waals surface area contributed by atoms with Crippen molar-refractivity contribution < 1.29 is 14.3 Å². The second kappa shape index (κ2) is 10.6. The van der Waals surface area contributed by atoms with E-state index in [0.29, 0.717) is 29.4 Å².